The van der Waals surface area contributed by atoms with Crippen LogP contribution in [0.15, 0.2) is 18.2 Å². The zero-order valence-electron chi connectivity index (χ0n) is 6.26. The van der Waals surface area contributed by atoms with Gasteiger partial charge in [-0.05, 0) is 30.2 Å². The molecule has 0 N–H and O–H groups in total. The molecule has 0 atom stereocenters. The molecule has 0 aliphatic rings. The van der Waals surface area contributed by atoms with E-state index in [2.05, 4.69) is 0 Å². The van der Waals surface area contributed by atoms with Crippen molar-refractivity contribution in [2.45, 2.75) is 13.6 Å². The van der Waals surface area contributed by atoms with Crippen LogP contribution in [0.25, 0.3) is 0 Å². The van der Waals surface area contributed by atoms with Crippen molar-refractivity contribution in [3.8, 4) is 6.07 Å². The second-order valence-corrected chi connectivity index (χ2v) is 2.39. The van der Waals surface area contributed by atoms with Crippen molar-refractivity contribution in [1.29, 1.82) is 5.26 Å². The largest absolute Gasteiger partial charge is 0.246 e. The Hall–Kier alpha value is -1.36. The highest BCUT2D eigenvalue weighted by Gasteiger charge is 1.98. The summed E-state index contributed by atoms with van der Waals surface area (Å²) in [6.45, 7) is 1.33. The first kappa shape index (κ1) is 7.74. The number of halogens is 1. The second kappa shape index (κ2) is 3.16. The Morgan fingerprint density at radius 2 is 2.27 bits per heavy atom. The molecule has 0 aliphatic carbocycles. The maximum Gasteiger partial charge on any atom is 0.115 e. The minimum atomic E-state index is -0.499. The lowest BCUT2D eigenvalue weighted by Gasteiger charge is -1.99. The molecule has 0 fully saturated rings. The number of benzene rings is 1. The van der Waals surface area contributed by atoms with Crippen LogP contribution in [0.3, 0.4) is 0 Å². The highest BCUT2D eigenvalue weighted by molar-refractivity contribution is 5.37. The lowest BCUT2D eigenvalue weighted by Crippen LogP contribution is -1.86. The summed E-state index contributed by atoms with van der Waals surface area (Å²) >= 11 is 0. The van der Waals surface area contributed by atoms with Gasteiger partial charge in [-0.2, -0.15) is 5.26 Å². The molecule has 0 heterocycles. The second-order valence-electron chi connectivity index (χ2n) is 2.39. The number of hydrogen-bond donors (Lipinski definition) is 0. The molecule has 11 heavy (non-hydrogen) atoms. The van der Waals surface area contributed by atoms with Crippen LogP contribution in [0.4, 0.5) is 4.39 Å². The molecule has 0 aromatic heterocycles. The number of hydrogen-bond acceptors (Lipinski definition) is 1. The summed E-state index contributed by atoms with van der Waals surface area (Å²) in [5.41, 5.74) is 2.01. The first-order valence-electron chi connectivity index (χ1n) is 3.33. The van der Waals surface area contributed by atoms with Crippen molar-refractivity contribution in [3.63, 3.8) is 0 Å². The molecule has 0 unspecified atom stereocenters. The lowest BCUT2D eigenvalue weighted by molar-refractivity contribution is 0.483. The zero-order valence-corrected chi connectivity index (χ0v) is 6.26. The van der Waals surface area contributed by atoms with Gasteiger partial charge in [0, 0.05) is 0 Å². The van der Waals surface area contributed by atoms with Crippen LogP contribution in [0.2, 0.25) is 0 Å². The summed E-state index contributed by atoms with van der Waals surface area (Å²) in [6, 6.07) is 6.99. The van der Waals surface area contributed by atoms with E-state index in [9.17, 15) is 4.39 Å². The molecule has 1 aromatic carbocycles. The molecule has 1 nitrogen and oxygen atoms in total. The summed E-state index contributed by atoms with van der Waals surface area (Å²) in [7, 11) is 0. The van der Waals surface area contributed by atoms with E-state index in [1.54, 1.807) is 18.2 Å². The molecule has 0 aliphatic heterocycles. The minimum Gasteiger partial charge on any atom is -0.246 e. The highest BCUT2D eigenvalue weighted by Crippen LogP contribution is 2.11. The first-order valence-corrected chi connectivity index (χ1v) is 3.33. The first-order chi connectivity index (χ1) is 5.27. The predicted molar refractivity (Wildman–Crippen MR) is 40.7 cm³/mol. The Morgan fingerprint density at radius 3 is 2.82 bits per heavy atom. The van der Waals surface area contributed by atoms with Crippen molar-refractivity contribution in [2.24, 2.45) is 0 Å². The van der Waals surface area contributed by atoms with Gasteiger partial charge >= 0.3 is 0 Å². The Labute approximate surface area is 65.1 Å². The average molecular weight is 149 g/mol. The third-order valence-corrected chi connectivity index (χ3v) is 1.62. The normalized spacial score (nSPS) is 9.18. The summed E-state index contributed by atoms with van der Waals surface area (Å²) in [6.07, 6.45) is 0. The van der Waals surface area contributed by atoms with Crippen LogP contribution in [-0.4, -0.2) is 0 Å². The number of nitrogens with zero attached hydrogens (tertiary/aromatic N) is 1. The summed E-state index contributed by atoms with van der Waals surface area (Å²) < 4.78 is 12.2. The van der Waals surface area contributed by atoms with Crippen LogP contribution in [0.1, 0.15) is 16.7 Å². The highest BCUT2D eigenvalue weighted by atomic mass is 19.1. The third-order valence-electron chi connectivity index (χ3n) is 1.62. The molecule has 0 radical (unpaired) electrons. The topological polar surface area (TPSA) is 23.8 Å². The van der Waals surface area contributed by atoms with E-state index in [-0.39, 0.29) is 0 Å². The van der Waals surface area contributed by atoms with Crippen molar-refractivity contribution in [3.05, 3.63) is 34.9 Å². The number of alkyl halides is 1. The van der Waals surface area contributed by atoms with E-state index in [1.807, 2.05) is 13.0 Å². The molecular formula is C9H8FN. The van der Waals surface area contributed by atoms with Gasteiger partial charge in [-0.1, -0.05) is 6.07 Å². The standard InChI is InChI=1S/C9H8FN/c1-7-2-3-8(6-11)4-9(7)5-10/h2-4H,5H2,1H3. The van der Waals surface area contributed by atoms with E-state index < -0.39 is 6.67 Å². The van der Waals surface area contributed by atoms with E-state index in [1.165, 1.54) is 0 Å². The predicted octanol–water partition coefficient (Wildman–Crippen LogP) is 2.34. The molecule has 0 spiro atoms. The maximum atomic E-state index is 12.2. The monoisotopic (exact) mass is 149 g/mol. The Bertz CT molecular complexity index is 299. The van der Waals surface area contributed by atoms with Crippen LogP contribution in [-0.2, 0) is 6.67 Å². The molecule has 0 bridgehead atoms. The molecule has 0 saturated heterocycles. The van der Waals surface area contributed by atoms with Crippen molar-refractivity contribution in [2.75, 3.05) is 0 Å². The molecule has 0 saturated carbocycles. The zero-order chi connectivity index (χ0) is 8.27. The molecule has 0 amide bonds. The Morgan fingerprint density at radius 1 is 1.55 bits per heavy atom. The number of aryl methyl sites for hydroxylation is 1. The van der Waals surface area contributed by atoms with Gasteiger partial charge < -0.3 is 0 Å². The van der Waals surface area contributed by atoms with Gasteiger partial charge in [0.25, 0.3) is 0 Å². The quantitative estimate of drug-likeness (QED) is 0.601. The van der Waals surface area contributed by atoms with Crippen LogP contribution in [0, 0.1) is 18.3 Å². The van der Waals surface area contributed by atoms with Gasteiger partial charge in [0.2, 0.25) is 0 Å². The minimum absolute atomic E-state index is 0.499. The summed E-state index contributed by atoms with van der Waals surface area (Å²) in [4.78, 5) is 0. The van der Waals surface area contributed by atoms with Gasteiger partial charge in [-0.25, -0.2) is 4.39 Å². The SMILES string of the molecule is Cc1ccc(C#N)cc1CF. The van der Waals surface area contributed by atoms with Gasteiger partial charge in [0.1, 0.15) is 6.67 Å². The van der Waals surface area contributed by atoms with Gasteiger partial charge in [-0.3, -0.25) is 0 Å². The van der Waals surface area contributed by atoms with Gasteiger partial charge in [-0.15, -0.1) is 0 Å². The molecule has 1 aromatic rings. The molecule has 1 rings (SSSR count). The Kier molecular flexibility index (Phi) is 2.22. The van der Waals surface area contributed by atoms with Crippen LogP contribution < -0.4 is 0 Å². The van der Waals surface area contributed by atoms with Crippen LogP contribution in [0.5, 0.6) is 0 Å². The fourth-order valence-electron chi connectivity index (χ4n) is 0.885. The van der Waals surface area contributed by atoms with E-state index >= 15 is 0 Å². The average Bonchev–Trinajstić information content (AvgIpc) is 2.05. The van der Waals surface area contributed by atoms with E-state index in [4.69, 9.17) is 5.26 Å². The molecular weight excluding hydrogens is 141 g/mol. The summed E-state index contributed by atoms with van der Waals surface area (Å²) in [5, 5.41) is 8.48. The maximum absolute atomic E-state index is 12.2. The number of rotatable bonds is 1. The molecule has 56 valence electrons. The van der Waals surface area contributed by atoms with E-state index in [0.29, 0.717) is 11.1 Å². The van der Waals surface area contributed by atoms with Crippen molar-refractivity contribution < 1.29 is 4.39 Å². The van der Waals surface area contributed by atoms with Crippen molar-refractivity contribution in [1.82, 2.24) is 0 Å². The fourth-order valence-corrected chi connectivity index (χ4v) is 0.885. The van der Waals surface area contributed by atoms with E-state index in [0.717, 1.165) is 5.56 Å². The smallest absolute Gasteiger partial charge is 0.115 e. The van der Waals surface area contributed by atoms with Gasteiger partial charge in [0.05, 0.1) is 11.6 Å². The van der Waals surface area contributed by atoms with Gasteiger partial charge in [0.15, 0.2) is 0 Å². The summed E-state index contributed by atoms with van der Waals surface area (Å²) in [5.74, 6) is 0. The fraction of sp³-hybridized carbons (Fsp3) is 0.222. The lowest BCUT2D eigenvalue weighted by atomic mass is 10.1. The molecule has 2 heteroatoms. The number of nitriles is 1. The third kappa shape index (κ3) is 1.56. The van der Waals surface area contributed by atoms with Crippen molar-refractivity contribution >= 4 is 0 Å². The van der Waals surface area contributed by atoms with Crippen LogP contribution >= 0.6 is 0 Å². The Balaban J connectivity index is 3.15.